The molecule has 0 saturated heterocycles. The van der Waals surface area contributed by atoms with Gasteiger partial charge in [0.05, 0.1) is 0 Å². The van der Waals surface area contributed by atoms with E-state index < -0.39 is 17.6 Å². The smallest absolute Gasteiger partial charge is 0.377 e. The van der Waals surface area contributed by atoms with Crippen LogP contribution in [0.4, 0.5) is 0 Å². The van der Waals surface area contributed by atoms with Crippen molar-refractivity contribution >= 4 is 23.3 Å². The van der Waals surface area contributed by atoms with E-state index in [0.29, 0.717) is 32.3 Å². The summed E-state index contributed by atoms with van der Waals surface area (Å²) in [6.07, 6.45) is 2.91. The zero-order chi connectivity index (χ0) is 24.2. The molecule has 0 heterocycles. The number of nitrogens with zero attached hydrogens (tertiary/aromatic N) is 1. The van der Waals surface area contributed by atoms with Gasteiger partial charge in [0.15, 0.2) is 0 Å². The minimum absolute atomic E-state index is 0.641. The number of rotatable bonds is 18. The van der Waals surface area contributed by atoms with E-state index >= 15 is 0 Å². The first-order valence-electron chi connectivity index (χ1n) is 11.5. The summed E-state index contributed by atoms with van der Waals surface area (Å²) in [5, 5.41) is 0. The molecule has 8 nitrogen and oxygen atoms in total. The normalized spacial score (nSPS) is 12.8. The molecule has 0 unspecified atom stereocenters. The second-order valence-corrected chi connectivity index (χ2v) is 13.3. The average molecular weight is 483 g/mol. The molecule has 0 amide bonds. The monoisotopic (exact) mass is 482 g/mol. The van der Waals surface area contributed by atoms with Gasteiger partial charge in [0.25, 0.3) is 0 Å². The van der Waals surface area contributed by atoms with Crippen molar-refractivity contribution in [2.45, 2.75) is 72.9 Å². The van der Waals surface area contributed by atoms with Gasteiger partial charge in [-0.3, -0.25) is 4.99 Å². The van der Waals surface area contributed by atoms with Crippen molar-refractivity contribution in [1.82, 2.24) is 0 Å². The van der Waals surface area contributed by atoms with Gasteiger partial charge >= 0.3 is 17.6 Å². The van der Waals surface area contributed by atoms with Gasteiger partial charge in [0, 0.05) is 65.5 Å². The highest BCUT2D eigenvalue weighted by Gasteiger charge is 2.39. The maximum atomic E-state index is 5.83. The molecule has 31 heavy (non-hydrogen) atoms. The molecule has 0 aliphatic carbocycles. The van der Waals surface area contributed by atoms with Crippen molar-refractivity contribution in [3.05, 3.63) is 0 Å². The van der Waals surface area contributed by atoms with Crippen molar-refractivity contribution < 1.29 is 26.6 Å². The summed E-state index contributed by atoms with van der Waals surface area (Å²) < 4.78 is 33.0. The van der Waals surface area contributed by atoms with Crippen LogP contribution in [-0.2, 0) is 26.6 Å². The summed E-state index contributed by atoms with van der Waals surface area (Å²) in [4.78, 5) is 4.62. The van der Waals surface area contributed by atoms with Crippen LogP contribution in [0, 0.1) is 5.92 Å². The van der Waals surface area contributed by atoms with Crippen LogP contribution in [-0.4, -0.2) is 77.6 Å². The van der Waals surface area contributed by atoms with Crippen molar-refractivity contribution in [1.29, 1.82) is 0 Å². The highest BCUT2D eigenvalue weighted by atomic mass is 28.4. The Morgan fingerprint density at radius 1 is 0.806 bits per heavy atom. The molecule has 188 valence electrons. The van der Waals surface area contributed by atoms with E-state index in [1.54, 1.807) is 21.3 Å². The summed E-state index contributed by atoms with van der Waals surface area (Å²) in [6.45, 7) is 15.9. The van der Waals surface area contributed by atoms with Gasteiger partial charge in [-0.25, -0.2) is 0 Å². The zero-order valence-corrected chi connectivity index (χ0v) is 23.6. The first-order valence-corrected chi connectivity index (χ1v) is 15.4. The number of hydrogen-bond acceptors (Lipinski definition) is 8. The van der Waals surface area contributed by atoms with Crippen LogP contribution in [0.15, 0.2) is 4.99 Å². The fourth-order valence-electron chi connectivity index (χ4n) is 3.10. The molecule has 0 bridgehead atoms. The van der Waals surface area contributed by atoms with Crippen LogP contribution in [0.25, 0.3) is 0 Å². The van der Waals surface area contributed by atoms with E-state index in [1.165, 1.54) is 5.71 Å². The van der Waals surface area contributed by atoms with Crippen molar-refractivity contribution in [3.63, 3.8) is 0 Å². The Balaban J connectivity index is 0. The highest BCUT2D eigenvalue weighted by molar-refractivity contribution is 6.61. The zero-order valence-electron chi connectivity index (χ0n) is 21.6. The summed E-state index contributed by atoms with van der Waals surface area (Å²) in [5.74, 6) is 0.669. The first kappa shape index (κ1) is 33.0. The lowest BCUT2D eigenvalue weighted by Gasteiger charge is -2.28. The molecule has 0 fully saturated rings. The maximum Gasteiger partial charge on any atom is 0.500 e. The molecule has 2 N–H and O–H groups in total. The number of hydrogen-bond donors (Lipinski definition) is 1. The van der Waals surface area contributed by atoms with Crippen LogP contribution in [0.3, 0.4) is 0 Å². The van der Waals surface area contributed by atoms with Crippen LogP contribution < -0.4 is 5.73 Å². The van der Waals surface area contributed by atoms with E-state index in [-0.39, 0.29) is 0 Å². The van der Waals surface area contributed by atoms with Crippen LogP contribution in [0.5, 0.6) is 0 Å². The van der Waals surface area contributed by atoms with Crippen molar-refractivity contribution in [3.8, 4) is 0 Å². The molecule has 0 aromatic carbocycles. The molecule has 0 aromatic rings. The number of nitrogens with two attached hydrogens (primary N) is 1. The van der Waals surface area contributed by atoms with Gasteiger partial charge in [-0.05, 0) is 59.4 Å². The molecular weight excluding hydrogens is 432 g/mol. The van der Waals surface area contributed by atoms with Crippen molar-refractivity contribution in [2.24, 2.45) is 16.6 Å². The quantitative estimate of drug-likeness (QED) is 0.178. The standard InChI is InChI=1S/C15H33NO3Si.C6H17NO3Si/c1-7-17-20(18-8-2,19-9-3)12-10-11-16-15(6)13-14(4)5;1-8-11(9-2,10-3)6-4-5-7/h14H,7-13H2,1-6H3;4-7H2,1-3H3. The topological polar surface area (TPSA) is 93.8 Å². The Morgan fingerprint density at radius 2 is 1.26 bits per heavy atom. The fraction of sp³-hybridized carbons (Fsp3) is 0.952. The lowest BCUT2D eigenvalue weighted by atomic mass is 10.1. The number of aliphatic imine (C=N–C) groups is 1. The van der Waals surface area contributed by atoms with E-state index in [2.05, 4.69) is 25.8 Å². The van der Waals surface area contributed by atoms with Gasteiger partial charge < -0.3 is 32.3 Å². The average Bonchev–Trinajstić information content (AvgIpc) is 2.73. The Morgan fingerprint density at radius 3 is 1.61 bits per heavy atom. The summed E-state index contributed by atoms with van der Waals surface area (Å²) >= 11 is 0. The maximum absolute atomic E-state index is 5.83. The Bertz CT molecular complexity index is 413. The molecule has 0 aromatic heterocycles. The molecule has 0 aliphatic heterocycles. The summed E-state index contributed by atoms with van der Waals surface area (Å²) in [7, 11) is 0.0335. The van der Waals surface area contributed by atoms with E-state index in [4.69, 9.17) is 32.3 Å². The Labute approximate surface area is 193 Å². The van der Waals surface area contributed by atoms with Gasteiger partial charge in [-0.15, -0.1) is 0 Å². The molecule has 0 aliphatic rings. The van der Waals surface area contributed by atoms with E-state index in [9.17, 15) is 0 Å². The van der Waals surface area contributed by atoms with Gasteiger partial charge in [0.1, 0.15) is 0 Å². The second-order valence-electron chi connectivity index (χ2n) is 7.49. The van der Waals surface area contributed by atoms with Crippen LogP contribution in [0.2, 0.25) is 12.1 Å². The van der Waals surface area contributed by atoms with Crippen LogP contribution in [0.1, 0.15) is 60.8 Å². The first-order chi connectivity index (χ1) is 14.7. The SMILES string of the molecule is CCO[Si](CCCN=C(C)CC(C)C)(OCC)OCC.CO[Si](CCCN)(OC)OC. The summed E-state index contributed by atoms with van der Waals surface area (Å²) in [6, 6.07) is 1.63. The third kappa shape index (κ3) is 16.1. The highest BCUT2D eigenvalue weighted by Crippen LogP contribution is 2.18. The lowest BCUT2D eigenvalue weighted by Crippen LogP contribution is -2.46. The van der Waals surface area contributed by atoms with Gasteiger partial charge in [-0.2, -0.15) is 0 Å². The third-order valence-electron chi connectivity index (χ3n) is 4.44. The third-order valence-corrected chi connectivity index (χ3v) is 10.4. The van der Waals surface area contributed by atoms with Gasteiger partial charge in [-0.1, -0.05) is 13.8 Å². The van der Waals surface area contributed by atoms with Gasteiger partial charge in [0.2, 0.25) is 0 Å². The fourth-order valence-corrected chi connectivity index (χ4v) is 7.44. The molecule has 0 radical (unpaired) electrons. The largest absolute Gasteiger partial charge is 0.500 e. The van der Waals surface area contributed by atoms with E-state index in [0.717, 1.165) is 37.9 Å². The molecule has 0 saturated carbocycles. The van der Waals surface area contributed by atoms with E-state index in [1.807, 2.05) is 20.8 Å². The molecule has 0 rings (SSSR count). The summed E-state index contributed by atoms with van der Waals surface area (Å²) in [5.41, 5.74) is 6.59. The molecular formula is C21H50N2O6Si2. The van der Waals surface area contributed by atoms with Crippen LogP contribution >= 0.6 is 0 Å². The Hall–Kier alpha value is -0.176. The predicted octanol–water partition coefficient (Wildman–Crippen LogP) is 4.15. The minimum Gasteiger partial charge on any atom is -0.377 e. The second kappa shape index (κ2) is 20.4. The van der Waals surface area contributed by atoms with Crippen molar-refractivity contribution in [2.75, 3.05) is 54.2 Å². The minimum atomic E-state index is -2.47. The molecule has 0 atom stereocenters. The molecule has 0 spiro atoms. The Kier molecular flexibility index (Phi) is 21.8. The predicted molar refractivity (Wildman–Crippen MR) is 133 cm³/mol. The molecule has 10 heteroatoms. The lowest BCUT2D eigenvalue weighted by molar-refractivity contribution is 0.0710.